The van der Waals surface area contributed by atoms with E-state index in [4.69, 9.17) is 0 Å². The standard InChI is InChI=1S/C23H25N5O2S2/c1-14-15(2)32-23-20(14)22(30)26-19(27-23)12-31-16(3)21(29)25-10-17-6-4-5-7-18(17)11-28-9-8-24-13-28/h4-9,13,16H,10-12H2,1-3H3,(H,25,29)(H,26,27,30). The van der Waals surface area contributed by atoms with E-state index in [0.717, 1.165) is 26.4 Å². The predicted molar refractivity (Wildman–Crippen MR) is 130 cm³/mol. The van der Waals surface area contributed by atoms with Crippen LogP contribution in [-0.4, -0.2) is 30.7 Å². The lowest BCUT2D eigenvalue weighted by Gasteiger charge is -2.14. The number of rotatable bonds is 8. The Bertz CT molecular complexity index is 1290. The van der Waals surface area contributed by atoms with Gasteiger partial charge in [0.05, 0.1) is 22.7 Å². The van der Waals surface area contributed by atoms with Gasteiger partial charge in [0.1, 0.15) is 10.7 Å². The summed E-state index contributed by atoms with van der Waals surface area (Å²) in [6, 6.07) is 8.06. The molecular formula is C23H25N5O2S2. The number of carbonyl (C=O) groups excluding carboxylic acids is 1. The van der Waals surface area contributed by atoms with Crippen LogP contribution in [0.5, 0.6) is 0 Å². The summed E-state index contributed by atoms with van der Waals surface area (Å²) < 4.78 is 2.00. The minimum atomic E-state index is -0.274. The van der Waals surface area contributed by atoms with Crippen LogP contribution in [0.1, 0.15) is 34.3 Å². The summed E-state index contributed by atoms with van der Waals surface area (Å²) in [6.07, 6.45) is 5.45. The first-order valence-corrected chi connectivity index (χ1v) is 12.2. The van der Waals surface area contributed by atoms with E-state index in [9.17, 15) is 9.59 Å². The van der Waals surface area contributed by atoms with Gasteiger partial charge in [0.15, 0.2) is 0 Å². The van der Waals surface area contributed by atoms with Gasteiger partial charge in [0.25, 0.3) is 5.56 Å². The summed E-state index contributed by atoms with van der Waals surface area (Å²) in [5, 5.41) is 3.43. The van der Waals surface area contributed by atoms with Crippen molar-refractivity contribution in [1.82, 2.24) is 24.8 Å². The van der Waals surface area contributed by atoms with Crippen LogP contribution in [0.2, 0.25) is 0 Å². The van der Waals surface area contributed by atoms with Crippen LogP contribution < -0.4 is 10.9 Å². The predicted octanol–water partition coefficient (Wildman–Crippen LogP) is 3.78. The monoisotopic (exact) mass is 467 g/mol. The van der Waals surface area contributed by atoms with Crippen LogP contribution in [0, 0.1) is 13.8 Å². The molecule has 166 valence electrons. The Morgan fingerprint density at radius 2 is 2.06 bits per heavy atom. The molecule has 2 N–H and O–H groups in total. The molecule has 0 aliphatic carbocycles. The van der Waals surface area contributed by atoms with Crippen LogP contribution in [0.3, 0.4) is 0 Å². The Hall–Kier alpha value is -2.91. The maximum Gasteiger partial charge on any atom is 0.259 e. The third-order valence-electron chi connectivity index (χ3n) is 5.41. The van der Waals surface area contributed by atoms with E-state index in [1.807, 2.05) is 49.7 Å². The smallest absolute Gasteiger partial charge is 0.259 e. The Balaban J connectivity index is 1.35. The molecule has 4 rings (SSSR count). The van der Waals surface area contributed by atoms with Gasteiger partial charge in [-0.15, -0.1) is 23.1 Å². The second kappa shape index (κ2) is 9.70. The molecular weight excluding hydrogens is 442 g/mol. The SMILES string of the molecule is Cc1sc2nc(CSC(C)C(=O)NCc3ccccc3Cn3ccnc3)[nH]c(=O)c2c1C. The minimum Gasteiger partial charge on any atom is -0.351 e. The number of aromatic nitrogens is 4. The van der Waals surface area contributed by atoms with Gasteiger partial charge in [-0.3, -0.25) is 9.59 Å². The quantitative estimate of drug-likeness (QED) is 0.411. The van der Waals surface area contributed by atoms with Gasteiger partial charge in [-0.2, -0.15) is 0 Å². The van der Waals surface area contributed by atoms with Crippen LogP contribution in [0.15, 0.2) is 47.8 Å². The average Bonchev–Trinajstić information content (AvgIpc) is 3.39. The van der Waals surface area contributed by atoms with E-state index in [1.54, 1.807) is 12.5 Å². The lowest BCUT2D eigenvalue weighted by molar-refractivity contribution is -0.120. The topological polar surface area (TPSA) is 92.7 Å². The molecule has 0 aliphatic heterocycles. The maximum atomic E-state index is 12.7. The lowest BCUT2D eigenvalue weighted by atomic mass is 10.1. The fourth-order valence-electron chi connectivity index (χ4n) is 3.43. The second-order valence-corrected chi connectivity index (χ2v) is 10.2. The highest BCUT2D eigenvalue weighted by Gasteiger charge is 2.16. The highest BCUT2D eigenvalue weighted by atomic mass is 32.2. The zero-order valence-corrected chi connectivity index (χ0v) is 19.8. The third-order valence-corrected chi connectivity index (χ3v) is 7.67. The summed E-state index contributed by atoms with van der Waals surface area (Å²) in [6.45, 7) is 6.98. The van der Waals surface area contributed by atoms with Gasteiger partial charge >= 0.3 is 0 Å². The molecule has 7 nitrogen and oxygen atoms in total. The number of nitrogens with zero attached hydrogens (tertiary/aromatic N) is 3. The number of nitrogens with one attached hydrogen (secondary N) is 2. The number of aromatic amines is 1. The molecule has 32 heavy (non-hydrogen) atoms. The minimum absolute atomic E-state index is 0.0429. The first-order valence-electron chi connectivity index (χ1n) is 10.3. The van der Waals surface area contributed by atoms with Crippen molar-refractivity contribution in [3.05, 3.63) is 80.7 Å². The number of aryl methyl sites for hydroxylation is 2. The molecule has 1 atom stereocenters. The van der Waals surface area contributed by atoms with Crippen molar-refractivity contribution in [1.29, 1.82) is 0 Å². The molecule has 4 aromatic rings. The van der Waals surface area contributed by atoms with Crippen molar-refractivity contribution in [3.63, 3.8) is 0 Å². The van der Waals surface area contributed by atoms with Gasteiger partial charge in [0, 0.05) is 30.4 Å². The summed E-state index contributed by atoms with van der Waals surface area (Å²) in [4.78, 5) is 38.5. The summed E-state index contributed by atoms with van der Waals surface area (Å²) in [5.41, 5.74) is 3.09. The highest BCUT2D eigenvalue weighted by molar-refractivity contribution is 7.99. The zero-order valence-electron chi connectivity index (χ0n) is 18.2. The summed E-state index contributed by atoms with van der Waals surface area (Å²) >= 11 is 2.99. The largest absolute Gasteiger partial charge is 0.351 e. The van der Waals surface area contributed by atoms with Crippen molar-refractivity contribution < 1.29 is 4.79 Å². The molecule has 0 aliphatic rings. The molecule has 0 saturated heterocycles. The fourth-order valence-corrected chi connectivity index (χ4v) is 5.26. The number of thioether (sulfide) groups is 1. The maximum absolute atomic E-state index is 12.7. The number of hydrogen-bond donors (Lipinski definition) is 2. The molecule has 0 bridgehead atoms. The van der Waals surface area contributed by atoms with Gasteiger partial charge in [0.2, 0.25) is 5.91 Å². The number of carbonyl (C=O) groups is 1. The van der Waals surface area contributed by atoms with E-state index in [1.165, 1.54) is 23.1 Å². The number of H-pyrrole nitrogens is 1. The normalized spacial score (nSPS) is 12.2. The molecule has 1 unspecified atom stereocenters. The molecule has 1 aromatic carbocycles. The van der Waals surface area contributed by atoms with Crippen LogP contribution in [0.25, 0.3) is 10.2 Å². The van der Waals surface area contributed by atoms with Crippen molar-refractivity contribution >= 4 is 39.2 Å². The highest BCUT2D eigenvalue weighted by Crippen LogP contribution is 2.26. The number of amides is 1. The van der Waals surface area contributed by atoms with E-state index in [0.29, 0.717) is 30.1 Å². The van der Waals surface area contributed by atoms with E-state index >= 15 is 0 Å². The van der Waals surface area contributed by atoms with Crippen LogP contribution in [0.4, 0.5) is 0 Å². The third kappa shape index (κ3) is 4.94. The Kier molecular flexibility index (Phi) is 6.76. The molecule has 0 fully saturated rings. The molecule has 3 heterocycles. The first-order chi connectivity index (χ1) is 15.4. The lowest BCUT2D eigenvalue weighted by Crippen LogP contribution is -2.31. The number of imidazole rings is 1. The Morgan fingerprint density at radius 3 is 2.81 bits per heavy atom. The number of fused-ring (bicyclic) bond motifs is 1. The van der Waals surface area contributed by atoms with Crippen molar-refractivity contribution in [3.8, 4) is 0 Å². The first kappa shape index (κ1) is 22.3. The zero-order chi connectivity index (χ0) is 22.7. The second-order valence-electron chi connectivity index (χ2n) is 7.65. The molecule has 1 amide bonds. The van der Waals surface area contributed by atoms with Crippen molar-refractivity contribution in [2.75, 3.05) is 0 Å². The van der Waals surface area contributed by atoms with Crippen LogP contribution >= 0.6 is 23.1 Å². The molecule has 9 heteroatoms. The Morgan fingerprint density at radius 1 is 1.28 bits per heavy atom. The van der Waals surface area contributed by atoms with Gasteiger partial charge in [-0.25, -0.2) is 9.97 Å². The number of thiophene rings is 1. The Labute approximate surface area is 194 Å². The van der Waals surface area contributed by atoms with E-state index in [-0.39, 0.29) is 16.7 Å². The van der Waals surface area contributed by atoms with E-state index < -0.39 is 0 Å². The van der Waals surface area contributed by atoms with Crippen LogP contribution in [-0.2, 0) is 23.6 Å². The number of benzene rings is 1. The van der Waals surface area contributed by atoms with Gasteiger partial charge in [-0.1, -0.05) is 24.3 Å². The molecule has 3 aromatic heterocycles. The number of hydrogen-bond acceptors (Lipinski definition) is 6. The molecule has 0 spiro atoms. The van der Waals surface area contributed by atoms with E-state index in [2.05, 4.69) is 26.3 Å². The summed E-state index contributed by atoms with van der Waals surface area (Å²) in [5.74, 6) is 1.02. The summed E-state index contributed by atoms with van der Waals surface area (Å²) in [7, 11) is 0. The fraction of sp³-hybridized carbons (Fsp3) is 0.304. The van der Waals surface area contributed by atoms with Gasteiger partial charge in [-0.05, 0) is 37.5 Å². The van der Waals surface area contributed by atoms with Crippen molar-refractivity contribution in [2.24, 2.45) is 0 Å². The van der Waals surface area contributed by atoms with Crippen molar-refractivity contribution in [2.45, 2.75) is 44.9 Å². The molecule has 0 radical (unpaired) electrons. The molecule has 0 saturated carbocycles. The van der Waals surface area contributed by atoms with Gasteiger partial charge < -0.3 is 14.9 Å². The average molecular weight is 468 g/mol.